The predicted octanol–water partition coefficient (Wildman–Crippen LogP) is 2.65. The zero-order valence-corrected chi connectivity index (χ0v) is 12.6. The maximum atomic E-state index is 12.1. The van der Waals surface area contributed by atoms with Crippen LogP contribution >= 0.6 is 35.0 Å². The van der Waals surface area contributed by atoms with E-state index in [1.54, 1.807) is 0 Å². The summed E-state index contributed by atoms with van der Waals surface area (Å²) in [6, 6.07) is 7.85. The molecule has 0 bridgehead atoms. The first kappa shape index (κ1) is 14.7. The molecule has 0 aliphatic carbocycles. The quantitative estimate of drug-likeness (QED) is 0.790. The van der Waals surface area contributed by atoms with Crippen molar-refractivity contribution in [3.63, 3.8) is 0 Å². The second kappa shape index (κ2) is 6.02. The standard InChI is InChI=1S/C12H15IN2O.ClH/c1-12(6-7-14-8-12)11(16)15-10-4-2-9(13)3-5-10;/h2-5,14H,6-8H2,1H3,(H,15,16);1H. The van der Waals surface area contributed by atoms with E-state index < -0.39 is 0 Å². The molecule has 0 aromatic heterocycles. The molecule has 1 amide bonds. The average molecular weight is 367 g/mol. The molecule has 17 heavy (non-hydrogen) atoms. The molecule has 0 saturated carbocycles. The van der Waals surface area contributed by atoms with Gasteiger partial charge in [-0.15, -0.1) is 12.4 Å². The predicted molar refractivity (Wildman–Crippen MR) is 80.6 cm³/mol. The van der Waals surface area contributed by atoms with Gasteiger partial charge in [0.25, 0.3) is 0 Å². The molecule has 5 heteroatoms. The fourth-order valence-corrected chi connectivity index (χ4v) is 2.19. The van der Waals surface area contributed by atoms with Crippen molar-refractivity contribution >= 4 is 46.6 Å². The van der Waals surface area contributed by atoms with E-state index in [2.05, 4.69) is 33.2 Å². The summed E-state index contributed by atoms with van der Waals surface area (Å²) in [6.45, 7) is 3.70. The molecule has 2 rings (SSSR count). The first-order valence-electron chi connectivity index (χ1n) is 5.38. The normalized spacial score (nSPS) is 22.9. The Morgan fingerprint density at radius 2 is 2.06 bits per heavy atom. The van der Waals surface area contributed by atoms with Gasteiger partial charge >= 0.3 is 0 Å². The molecule has 0 radical (unpaired) electrons. The molecule has 1 heterocycles. The van der Waals surface area contributed by atoms with Crippen molar-refractivity contribution in [3.8, 4) is 0 Å². The van der Waals surface area contributed by atoms with Crippen LogP contribution in [0.4, 0.5) is 5.69 Å². The Morgan fingerprint density at radius 3 is 2.59 bits per heavy atom. The molecule has 1 aliphatic heterocycles. The highest BCUT2D eigenvalue weighted by molar-refractivity contribution is 14.1. The van der Waals surface area contributed by atoms with Gasteiger partial charge in [-0.3, -0.25) is 4.79 Å². The smallest absolute Gasteiger partial charge is 0.231 e. The fourth-order valence-electron chi connectivity index (χ4n) is 1.83. The number of hydrogen-bond donors (Lipinski definition) is 2. The van der Waals surface area contributed by atoms with E-state index in [9.17, 15) is 4.79 Å². The number of carbonyl (C=O) groups excluding carboxylic acids is 1. The highest BCUT2D eigenvalue weighted by Crippen LogP contribution is 2.26. The van der Waals surface area contributed by atoms with E-state index in [1.807, 2.05) is 31.2 Å². The van der Waals surface area contributed by atoms with Crippen LogP contribution in [0.3, 0.4) is 0 Å². The molecule has 3 nitrogen and oxygen atoms in total. The van der Waals surface area contributed by atoms with Gasteiger partial charge in [0.1, 0.15) is 0 Å². The van der Waals surface area contributed by atoms with Gasteiger partial charge in [-0.05, 0) is 66.7 Å². The van der Waals surface area contributed by atoms with Crippen molar-refractivity contribution in [2.75, 3.05) is 18.4 Å². The third kappa shape index (κ3) is 3.56. The van der Waals surface area contributed by atoms with Crippen LogP contribution in [-0.4, -0.2) is 19.0 Å². The minimum atomic E-state index is -0.261. The van der Waals surface area contributed by atoms with Crippen LogP contribution in [0.1, 0.15) is 13.3 Å². The van der Waals surface area contributed by atoms with Gasteiger partial charge in [0.15, 0.2) is 0 Å². The SMILES string of the molecule is CC1(C(=O)Nc2ccc(I)cc2)CCNC1.Cl. The van der Waals surface area contributed by atoms with E-state index in [-0.39, 0.29) is 23.7 Å². The summed E-state index contributed by atoms with van der Waals surface area (Å²) in [4.78, 5) is 12.1. The Bertz CT molecular complexity index is 388. The molecule has 1 unspecified atom stereocenters. The minimum Gasteiger partial charge on any atom is -0.326 e. The van der Waals surface area contributed by atoms with Gasteiger partial charge in [-0.1, -0.05) is 0 Å². The van der Waals surface area contributed by atoms with Gasteiger partial charge < -0.3 is 10.6 Å². The summed E-state index contributed by atoms with van der Waals surface area (Å²) >= 11 is 2.25. The third-order valence-corrected chi connectivity index (χ3v) is 3.74. The van der Waals surface area contributed by atoms with E-state index >= 15 is 0 Å². The van der Waals surface area contributed by atoms with Gasteiger partial charge in [-0.2, -0.15) is 0 Å². The molecule has 1 fully saturated rings. The van der Waals surface area contributed by atoms with Gasteiger partial charge in [0, 0.05) is 15.8 Å². The number of halogens is 2. The summed E-state index contributed by atoms with van der Waals surface area (Å²) in [5.41, 5.74) is 0.613. The van der Waals surface area contributed by atoms with Crippen molar-refractivity contribution in [1.82, 2.24) is 5.32 Å². The van der Waals surface area contributed by atoms with Crippen LogP contribution < -0.4 is 10.6 Å². The lowest BCUT2D eigenvalue weighted by atomic mass is 9.89. The topological polar surface area (TPSA) is 41.1 Å². The van der Waals surface area contributed by atoms with Crippen molar-refractivity contribution in [1.29, 1.82) is 0 Å². The second-order valence-corrected chi connectivity index (χ2v) is 5.69. The molecule has 1 aromatic rings. The number of anilines is 1. The van der Waals surface area contributed by atoms with Crippen molar-refractivity contribution in [2.24, 2.45) is 5.41 Å². The number of rotatable bonds is 2. The molecule has 1 atom stereocenters. The van der Waals surface area contributed by atoms with Crippen molar-refractivity contribution in [3.05, 3.63) is 27.8 Å². The van der Waals surface area contributed by atoms with Crippen LogP contribution in [0.2, 0.25) is 0 Å². The first-order chi connectivity index (χ1) is 7.60. The Morgan fingerprint density at radius 1 is 1.41 bits per heavy atom. The lowest BCUT2D eigenvalue weighted by Gasteiger charge is -2.21. The maximum Gasteiger partial charge on any atom is 0.231 e. The largest absolute Gasteiger partial charge is 0.326 e. The number of nitrogens with one attached hydrogen (secondary N) is 2. The highest BCUT2D eigenvalue weighted by atomic mass is 127. The molecular weight excluding hydrogens is 351 g/mol. The van der Waals surface area contributed by atoms with Gasteiger partial charge in [0.05, 0.1) is 5.41 Å². The minimum absolute atomic E-state index is 0. The van der Waals surface area contributed by atoms with Crippen LogP contribution in [0.15, 0.2) is 24.3 Å². The fraction of sp³-hybridized carbons (Fsp3) is 0.417. The Hall–Kier alpha value is -0.330. The van der Waals surface area contributed by atoms with E-state index in [0.717, 1.165) is 25.2 Å². The molecule has 1 saturated heterocycles. The van der Waals surface area contributed by atoms with Crippen LogP contribution in [0.25, 0.3) is 0 Å². The van der Waals surface area contributed by atoms with E-state index in [0.29, 0.717) is 0 Å². The lowest BCUT2D eigenvalue weighted by molar-refractivity contribution is -0.123. The van der Waals surface area contributed by atoms with Crippen LogP contribution in [0, 0.1) is 8.99 Å². The zero-order valence-electron chi connectivity index (χ0n) is 9.63. The van der Waals surface area contributed by atoms with Crippen LogP contribution in [-0.2, 0) is 4.79 Å². The summed E-state index contributed by atoms with van der Waals surface area (Å²) in [6.07, 6.45) is 0.906. The van der Waals surface area contributed by atoms with E-state index in [1.165, 1.54) is 3.57 Å². The molecule has 94 valence electrons. The summed E-state index contributed by atoms with van der Waals surface area (Å²) < 4.78 is 1.17. The molecule has 1 aromatic carbocycles. The Kier molecular flexibility index (Phi) is 5.22. The number of hydrogen-bond acceptors (Lipinski definition) is 2. The number of amides is 1. The molecule has 0 spiro atoms. The zero-order chi connectivity index (χ0) is 11.6. The molecule has 2 N–H and O–H groups in total. The maximum absolute atomic E-state index is 12.1. The molecule has 1 aliphatic rings. The monoisotopic (exact) mass is 366 g/mol. The summed E-state index contributed by atoms with van der Waals surface area (Å²) in [5.74, 6) is 0.110. The average Bonchev–Trinajstić information content (AvgIpc) is 2.70. The van der Waals surface area contributed by atoms with Crippen molar-refractivity contribution < 1.29 is 4.79 Å². The summed E-state index contributed by atoms with van der Waals surface area (Å²) in [5, 5.41) is 6.20. The van der Waals surface area contributed by atoms with Crippen LogP contribution in [0.5, 0.6) is 0 Å². The highest BCUT2D eigenvalue weighted by Gasteiger charge is 2.36. The second-order valence-electron chi connectivity index (χ2n) is 4.45. The number of carbonyl (C=O) groups is 1. The van der Waals surface area contributed by atoms with E-state index in [4.69, 9.17) is 0 Å². The van der Waals surface area contributed by atoms with Crippen molar-refractivity contribution in [2.45, 2.75) is 13.3 Å². The summed E-state index contributed by atoms with van der Waals surface area (Å²) in [7, 11) is 0. The first-order valence-corrected chi connectivity index (χ1v) is 6.46. The Labute approximate surface area is 121 Å². The third-order valence-electron chi connectivity index (χ3n) is 3.02. The number of benzene rings is 1. The molecular formula is C12H16ClIN2O. The van der Waals surface area contributed by atoms with Gasteiger partial charge in [0.2, 0.25) is 5.91 Å². The Balaban J connectivity index is 0.00000144. The van der Waals surface area contributed by atoms with Gasteiger partial charge in [-0.25, -0.2) is 0 Å². The lowest BCUT2D eigenvalue weighted by Crippen LogP contribution is -2.35.